The van der Waals surface area contributed by atoms with E-state index in [4.69, 9.17) is 4.74 Å². The van der Waals surface area contributed by atoms with E-state index < -0.39 is 0 Å². The number of methoxy groups -OCH3 is 1. The van der Waals surface area contributed by atoms with E-state index in [9.17, 15) is 4.39 Å². The van der Waals surface area contributed by atoms with Crippen LogP contribution in [0.2, 0.25) is 0 Å². The van der Waals surface area contributed by atoms with E-state index in [0.29, 0.717) is 12.2 Å². The molecule has 1 aromatic carbocycles. The summed E-state index contributed by atoms with van der Waals surface area (Å²) in [5, 5.41) is 0. The summed E-state index contributed by atoms with van der Waals surface area (Å²) in [4.78, 5) is 0. The van der Waals surface area contributed by atoms with E-state index in [1.165, 1.54) is 6.07 Å². The number of ether oxygens (including phenoxy) is 1. The second kappa shape index (κ2) is 3.83. The van der Waals surface area contributed by atoms with Crippen LogP contribution in [-0.4, -0.2) is 7.11 Å². The van der Waals surface area contributed by atoms with Gasteiger partial charge in [-0.3, -0.25) is 0 Å². The van der Waals surface area contributed by atoms with Gasteiger partial charge in [0.1, 0.15) is 5.82 Å². The maximum atomic E-state index is 12.9. The molecular weight excluding hydrogens is 211 g/mol. The highest BCUT2D eigenvalue weighted by Gasteiger charge is 2.04. The number of halogens is 2. The van der Waals surface area contributed by atoms with Gasteiger partial charge in [-0.1, -0.05) is 22.0 Å². The largest absolute Gasteiger partial charge is 0.380 e. The second-order valence-corrected chi connectivity index (χ2v) is 2.99. The highest BCUT2D eigenvalue weighted by Crippen LogP contribution is 2.19. The lowest BCUT2D eigenvalue weighted by Crippen LogP contribution is -1.93. The molecule has 0 aromatic heterocycles. The van der Waals surface area contributed by atoms with E-state index in [1.807, 2.05) is 0 Å². The molecule has 0 radical (unpaired) electrons. The molecule has 0 bridgehead atoms. The second-order valence-electron chi connectivity index (χ2n) is 2.13. The lowest BCUT2D eigenvalue weighted by molar-refractivity contribution is 0.181. The fourth-order valence-electron chi connectivity index (χ4n) is 0.815. The van der Waals surface area contributed by atoms with Crippen molar-refractivity contribution in [3.05, 3.63) is 34.1 Å². The van der Waals surface area contributed by atoms with Gasteiger partial charge in [-0.25, -0.2) is 4.39 Å². The monoisotopic (exact) mass is 218 g/mol. The highest BCUT2D eigenvalue weighted by molar-refractivity contribution is 9.10. The predicted molar refractivity (Wildman–Crippen MR) is 44.8 cm³/mol. The fourth-order valence-corrected chi connectivity index (χ4v) is 1.27. The Morgan fingerprint density at radius 1 is 1.55 bits per heavy atom. The molecule has 1 aromatic rings. The Balaban J connectivity index is 3.00. The summed E-state index contributed by atoms with van der Waals surface area (Å²) in [7, 11) is 1.54. The number of rotatable bonds is 2. The molecule has 0 unspecified atom stereocenters. The first-order valence-corrected chi connectivity index (χ1v) is 3.97. The molecule has 60 valence electrons. The van der Waals surface area contributed by atoms with Crippen molar-refractivity contribution in [1.82, 2.24) is 0 Å². The van der Waals surface area contributed by atoms with Crippen molar-refractivity contribution in [1.29, 1.82) is 0 Å². The van der Waals surface area contributed by atoms with Crippen LogP contribution in [0.4, 0.5) is 4.39 Å². The summed E-state index contributed by atoms with van der Waals surface area (Å²) >= 11 is 3.23. The third-order valence-corrected chi connectivity index (χ3v) is 2.09. The predicted octanol–water partition coefficient (Wildman–Crippen LogP) is 2.73. The van der Waals surface area contributed by atoms with Gasteiger partial charge in [-0.15, -0.1) is 0 Å². The Bertz CT molecular complexity index is 230. The Hall–Kier alpha value is -0.410. The van der Waals surface area contributed by atoms with Crippen molar-refractivity contribution >= 4 is 15.9 Å². The van der Waals surface area contributed by atoms with Gasteiger partial charge in [-0.2, -0.15) is 0 Å². The number of hydrogen-bond donors (Lipinski definition) is 0. The third kappa shape index (κ3) is 2.01. The van der Waals surface area contributed by atoms with Crippen LogP contribution in [0.1, 0.15) is 5.56 Å². The number of benzene rings is 1. The fraction of sp³-hybridized carbons (Fsp3) is 0.250. The molecule has 0 aliphatic carbocycles. The van der Waals surface area contributed by atoms with Crippen molar-refractivity contribution < 1.29 is 9.13 Å². The van der Waals surface area contributed by atoms with Crippen LogP contribution in [0.5, 0.6) is 0 Å². The average molecular weight is 219 g/mol. The molecule has 0 amide bonds. The Morgan fingerprint density at radius 3 is 2.82 bits per heavy atom. The van der Waals surface area contributed by atoms with Gasteiger partial charge in [0.2, 0.25) is 0 Å². The van der Waals surface area contributed by atoms with Crippen LogP contribution in [0, 0.1) is 5.82 Å². The van der Waals surface area contributed by atoms with Gasteiger partial charge in [0.25, 0.3) is 0 Å². The number of hydrogen-bond acceptors (Lipinski definition) is 1. The van der Waals surface area contributed by atoms with E-state index in [-0.39, 0.29) is 5.82 Å². The van der Waals surface area contributed by atoms with Crippen LogP contribution < -0.4 is 0 Å². The summed E-state index contributed by atoms with van der Waals surface area (Å²) in [5.41, 5.74) is 0.565. The lowest BCUT2D eigenvalue weighted by Gasteiger charge is -2.03. The first kappa shape index (κ1) is 8.68. The van der Waals surface area contributed by atoms with Crippen LogP contribution >= 0.6 is 15.9 Å². The Morgan fingerprint density at radius 2 is 2.27 bits per heavy atom. The Labute approximate surface area is 73.3 Å². The molecule has 0 aliphatic heterocycles. The smallest absolute Gasteiger partial charge is 0.129 e. The van der Waals surface area contributed by atoms with E-state index in [1.54, 1.807) is 19.2 Å². The normalized spacial score (nSPS) is 10.1. The lowest BCUT2D eigenvalue weighted by atomic mass is 10.2. The molecule has 0 saturated heterocycles. The topological polar surface area (TPSA) is 9.23 Å². The minimum atomic E-state index is -0.235. The van der Waals surface area contributed by atoms with Crippen molar-refractivity contribution in [2.24, 2.45) is 0 Å². The maximum absolute atomic E-state index is 12.9. The Kier molecular flexibility index (Phi) is 3.02. The van der Waals surface area contributed by atoms with Gasteiger partial charge in [-0.05, 0) is 12.1 Å². The summed E-state index contributed by atoms with van der Waals surface area (Å²) in [5.74, 6) is -0.235. The first-order chi connectivity index (χ1) is 5.25. The molecule has 1 nitrogen and oxygen atoms in total. The third-order valence-electron chi connectivity index (χ3n) is 1.35. The van der Waals surface area contributed by atoms with Crippen LogP contribution in [0.25, 0.3) is 0 Å². The quantitative estimate of drug-likeness (QED) is 0.742. The van der Waals surface area contributed by atoms with E-state index in [0.717, 1.165) is 4.47 Å². The zero-order chi connectivity index (χ0) is 8.27. The SMILES string of the molecule is COCc1c(F)cccc1Br. The molecule has 0 fully saturated rings. The zero-order valence-electron chi connectivity index (χ0n) is 6.10. The minimum absolute atomic E-state index is 0.235. The molecule has 0 aliphatic rings. The molecule has 1 rings (SSSR count). The maximum Gasteiger partial charge on any atom is 0.129 e. The van der Waals surface area contributed by atoms with Gasteiger partial charge in [0.05, 0.1) is 6.61 Å². The minimum Gasteiger partial charge on any atom is -0.380 e. The zero-order valence-corrected chi connectivity index (χ0v) is 7.69. The highest BCUT2D eigenvalue weighted by atomic mass is 79.9. The molecule has 11 heavy (non-hydrogen) atoms. The van der Waals surface area contributed by atoms with E-state index in [2.05, 4.69) is 15.9 Å². The van der Waals surface area contributed by atoms with Crippen LogP contribution in [-0.2, 0) is 11.3 Å². The first-order valence-electron chi connectivity index (χ1n) is 3.17. The standard InChI is InChI=1S/C8H8BrFO/c1-11-5-6-7(9)3-2-4-8(6)10/h2-4H,5H2,1H3. The molecule has 0 spiro atoms. The molecule has 0 saturated carbocycles. The summed E-state index contributed by atoms with van der Waals surface area (Å²) in [6, 6.07) is 4.86. The summed E-state index contributed by atoms with van der Waals surface area (Å²) in [6.07, 6.45) is 0. The van der Waals surface area contributed by atoms with Gasteiger partial charge in [0, 0.05) is 17.1 Å². The summed E-state index contributed by atoms with van der Waals surface area (Å²) in [6.45, 7) is 0.299. The van der Waals surface area contributed by atoms with Gasteiger partial charge in [0.15, 0.2) is 0 Å². The molecule has 0 atom stereocenters. The van der Waals surface area contributed by atoms with Crippen LogP contribution in [0.3, 0.4) is 0 Å². The van der Waals surface area contributed by atoms with Crippen molar-refractivity contribution in [2.75, 3.05) is 7.11 Å². The summed E-state index contributed by atoms with van der Waals surface area (Å²) < 4.78 is 18.5. The molecule has 0 N–H and O–H groups in total. The van der Waals surface area contributed by atoms with E-state index >= 15 is 0 Å². The molecule has 3 heteroatoms. The van der Waals surface area contributed by atoms with Crippen molar-refractivity contribution in [3.8, 4) is 0 Å². The van der Waals surface area contributed by atoms with Gasteiger partial charge >= 0.3 is 0 Å². The van der Waals surface area contributed by atoms with Crippen LogP contribution in [0.15, 0.2) is 22.7 Å². The molecular formula is C8H8BrFO. The average Bonchev–Trinajstić information content (AvgIpc) is 1.97. The molecule has 0 heterocycles. The van der Waals surface area contributed by atoms with Crippen molar-refractivity contribution in [3.63, 3.8) is 0 Å². The van der Waals surface area contributed by atoms with Crippen molar-refractivity contribution in [2.45, 2.75) is 6.61 Å². The van der Waals surface area contributed by atoms with Gasteiger partial charge < -0.3 is 4.74 Å².